The lowest BCUT2D eigenvalue weighted by Crippen LogP contribution is -2.44. The van der Waals surface area contributed by atoms with Gasteiger partial charge in [0, 0.05) is 17.4 Å². The number of ether oxygens (including phenoxy) is 2. The smallest absolute Gasteiger partial charge is 0.349 e. The number of nitrogens with two attached hydrogens (primary N) is 1. The van der Waals surface area contributed by atoms with Crippen molar-refractivity contribution in [2.75, 3.05) is 6.61 Å². The van der Waals surface area contributed by atoms with E-state index < -0.39 is 11.6 Å². The summed E-state index contributed by atoms with van der Waals surface area (Å²) in [5, 5.41) is 11.1. The van der Waals surface area contributed by atoms with Crippen LogP contribution in [0.4, 0.5) is 0 Å². The Morgan fingerprint density at radius 3 is 2.31 bits per heavy atom. The van der Waals surface area contributed by atoms with Gasteiger partial charge in [-0.25, -0.2) is 4.79 Å². The molecule has 1 atom stereocenters. The molecule has 6 nitrogen and oxygen atoms in total. The molecule has 0 bridgehead atoms. The molecule has 1 aliphatic heterocycles. The van der Waals surface area contributed by atoms with E-state index in [1.807, 2.05) is 47.6 Å². The second kappa shape index (κ2) is 15.7. The van der Waals surface area contributed by atoms with E-state index in [0.717, 1.165) is 55.9 Å². The molecule has 7 heteroatoms. The van der Waals surface area contributed by atoms with Gasteiger partial charge in [0.05, 0.1) is 0 Å². The lowest BCUT2D eigenvalue weighted by atomic mass is 9.76. The molecule has 0 aromatic heterocycles. The topological polar surface area (TPSA) is 98.9 Å². The molecule has 1 unspecified atom stereocenters. The first-order valence-electron chi connectivity index (χ1n) is 14.5. The Morgan fingerprint density at radius 1 is 1.26 bits per heavy atom. The van der Waals surface area contributed by atoms with E-state index in [2.05, 4.69) is 20.4 Å². The molecule has 1 heterocycles. The maximum Gasteiger partial charge on any atom is 0.349 e. The second-order valence-corrected chi connectivity index (χ2v) is 13.0. The van der Waals surface area contributed by atoms with Crippen molar-refractivity contribution in [3.63, 3.8) is 0 Å². The van der Waals surface area contributed by atoms with Gasteiger partial charge in [-0.1, -0.05) is 66.8 Å². The van der Waals surface area contributed by atoms with Gasteiger partial charge in [-0.3, -0.25) is 4.79 Å². The molecule has 0 aromatic rings. The van der Waals surface area contributed by atoms with Gasteiger partial charge in [-0.15, -0.1) is 0 Å². The van der Waals surface area contributed by atoms with Crippen LogP contribution in [0, 0.1) is 17.3 Å². The van der Waals surface area contributed by atoms with Gasteiger partial charge in [0.1, 0.15) is 28.6 Å². The minimum atomic E-state index is -0.715. The summed E-state index contributed by atoms with van der Waals surface area (Å²) in [7, 11) is 0. The number of allylic oxidation sites excluding steroid dienone is 3. The number of carbonyl (C=O) groups is 2. The lowest BCUT2D eigenvalue weighted by molar-refractivity contribution is -0.165. The summed E-state index contributed by atoms with van der Waals surface area (Å²) in [6.45, 7) is 21.7. The van der Waals surface area contributed by atoms with Crippen molar-refractivity contribution < 1.29 is 24.2 Å². The lowest BCUT2D eigenvalue weighted by Gasteiger charge is -2.41. The normalized spacial score (nSPS) is 24.6. The van der Waals surface area contributed by atoms with Gasteiger partial charge in [0.15, 0.2) is 5.78 Å². The second-order valence-electron chi connectivity index (χ2n) is 11.9. The molecule has 1 fully saturated rings. The van der Waals surface area contributed by atoms with Crippen molar-refractivity contribution in [2.24, 2.45) is 23.0 Å². The van der Waals surface area contributed by atoms with E-state index in [1.165, 1.54) is 6.92 Å². The van der Waals surface area contributed by atoms with Crippen LogP contribution in [0.2, 0.25) is 0 Å². The molecule has 2 aliphatic rings. The van der Waals surface area contributed by atoms with Crippen LogP contribution >= 0.6 is 11.8 Å². The van der Waals surface area contributed by atoms with Gasteiger partial charge in [-0.2, -0.15) is 0 Å². The standard InChI is InChI=1S/C30H47NO5S.C2H6/c1-9-24(35-18-20(4)32)16-25(29(6,7)8)21(5)37-27-26(33)17-30(19(2)3,36-28(27)34)15-14-22-10-12-23(31)13-11-22;1-2/h9,16,19,22-23,33H,5,10-15,17-18,31H2,1-4,6-8H3;1-2H3/b24-9-,25-16+;. The highest BCUT2D eigenvalue weighted by molar-refractivity contribution is 8.07. The van der Waals surface area contributed by atoms with E-state index in [-0.39, 0.29) is 34.4 Å². The van der Waals surface area contributed by atoms with Crippen molar-refractivity contribution in [3.8, 4) is 0 Å². The summed E-state index contributed by atoms with van der Waals surface area (Å²) >= 11 is 1.14. The predicted octanol–water partition coefficient (Wildman–Crippen LogP) is 8.15. The Morgan fingerprint density at radius 2 is 1.85 bits per heavy atom. The largest absolute Gasteiger partial charge is 0.511 e. The van der Waals surface area contributed by atoms with Crippen molar-refractivity contribution in [1.29, 1.82) is 0 Å². The molecular weight excluding hydrogens is 510 g/mol. The summed E-state index contributed by atoms with van der Waals surface area (Å²) < 4.78 is 11.7. The number of cyclic esters (lactones) is 1. The summed E-state index contributed by atoms with van der Waals surface area (Å²) in [5.41, 5.74) is 5.87. The highest BCUT2D eigenvalue weighted by Gasteiger charge is 2.45. The van der Waals surface area contributed by atoms with E-state index in [9.17, 15) is 14.7 Å². The number of hydrogen-bond donors (Lipinski definition) is 2. The molecular formula is C32H53NO5S. The van der Waals surface area contributed by atoms with Crippen LogP contribution in [-0.2, 0) is 19.1 Å². The number of carbonyl (C=O) groups excluding carboxylic acids is 2. The molecule has 222 valence electrons. The first kappa shape index (κ1) is 35.0. The third kappa shape index (κ3) is 10.5. The summed E-state index contributed by atoms with van der Waals surface area (Å²) in [6.07, 6.45) is 9.94. The Hall–Kier alpha value is -1.99. The Labute approximate surface area is 241 Å². The molecule has 1 aliphatic carbocycles. The zero-order valence-electron chi connectivity index (χ0n) is 25.8. The molecule has 0 saturated heterocycles. The third-order valence-corrected chi connectivity index (χ3v) is 8.55. The summed E-state index contributed by atoms with van der Waals surface area (Å²) in [5.74, 6) is 0.699. The number of ketones is 1. The fourth-order valence-electron chi connectivity index (χ4n) is 4.95. The molecule has 0 aromatic carbocycles. The number of hydrogen-bond acceptors (Lipinski definition) is 7. The Bertz CT molecular complexity index is 948. The van der Waals surface area contributed by atoms with Crippen molar-refractivity contribution >= 4 is 23.5 Å². The van der Waals surface area contributed by atoms with Gasteiger partial charge in [0.25, 0.3) is 0 Å². The summed E-state index contributed by atoms with van der Waals surface area (Å²) in [4.78, 5) is 25.5. The van der Waals surface area contributed by atoms with Crippen LogP contribution in [0.5, 0.6) is 0 Å². The average molecular weight is 564 g/mol. The molecule has 3 N–H and O–H groups in total. The maximum absolute atomic E-state index is 13.3. The highest BCUT2D eigenvalue weighted by atomic mass is 32.2. The molecule has 0 amide bonds. The number of rotatable bonds is 11. The van der Waals surface area contributed by atoms with Crippen LogP contribution in [0.15, 0.2) is 45.6 Å². The number of aliphatic hydroxyl groups is 1. The highest BCUT2D eigenvalue weighted by Crippen LogP contribution is 2.46. The quantitative estimate of drug-likeness (QED) is 0.149. The van der Waals surface area contributed by atoms with Gasteiger partial charge >= 0.3 is 5.97 Å². The van der Waals surface area contributed by atoms with Gasteiger partial charge < -0.3 is 20.3 Å². The van der Waals surface area contributed by atoms with E-state index in [0.29, 0.717) is 29.0 Å². The third-order valence-electron chi connectivity index (χ3n) is 7.48. The molecule has 0 spiro atoms. The van der Waals surface area contributed by atoms with Gasteiger partial charge in [-0.05, 0) is 87.3 Å². The predicted molar refractivity (Wildman–Crippen MR) is 163 cm³/mol. The number of thioether (sulfide) groups is 1. The monoisotopic (exact) mass is 563 g/mol. The zero-order valence-corrected chi connectivity index (χ0v) is 26.6. The number of Topliss-reactive ketones (excluding diaryl/α,β-unsaturated/α-hetero) is 1. The van der Waals surface area contributed by atoms with Crippen LogP contribution in [-0.4, -0.2) is 35.1 Å². The minimum absolute atomic E-state index is 0.0174. The molecule has 2 rings (SSSR count). The van der Waals surface area contributed by atoms with Crippen LogP contribution in [0.1, 0.15) is 107 Å². The number of aliphatic hydroxyl groups excluding tert-OH is 1. The number of esters is 1. The van der Waals surface area contributed by atoms with E-state index in [1.54, 1.807) is 6.08 Å². The molecule has 0 radical (unpaired) electrons. The van der Waals surface area contributed by atoms with E-state index >= 15 is 0 Å². The van der Waals surface area contributed by atoms with Crippen molar-refractivity contribution in [3.05, 3.63) is 45.6 Å². The zero-order chi connectivity index (χ0) is 30.0. The van der Waals surface area contributed by atoms with E-state index in [4.69, 9.17) is 15.2 Å². The Kier molecular flexibility index (Phi) is 14.1. The average Bonchev–Trinajstić information content (AvgIpc) is 2.86. The van der Waals surface area contributed by atoms with Crippen molar-refractivity contribution in [2.45, 2.75) is 119 Å². The summed E-state index contributed by atoms with van der Waals surface area (Å²) in [6, 6.07) is 0.305. The minimum Gasteiger partial charge on any atom is -0.511 e. The fraction of sp³-hybridized carbons (Fsp3) is 0.688. The van der Waals surface area contributed by atoms with Gasteiger partial charge in [0.2, 0.25) is 0 Å². The SMILES string of the molecule is C=C(SC1=C(O)CC(CCC2CCC(N)CC2)(C(C)C)OC1=O)/C(=C\C(=C\C)OCC(C)=O)C(C)(C)C.CC. The molecule has 39 heavy (non-hydrogen) atoms. The fourth-order valence-corrected chi connectivity index (χ4v) is 5.99. The Balaban J connectivity index is 0.00000371. The maximum atomic E-state index is 13.3. The van der Waals surface area contributed by atoms with Crippen LogP contribution < -0.4 is 5.73 Å². The first-order chi connectivity index (χ1) is 18.2. The molecule has 1 saturated carbocycles. The van der Waals surface area contributed by atoms with Crippen LogP contribution in [0.3, 0.4) is 0 Å². The first-order valence-corrected chi connectivity index (χ1v) is 15.3. The van der Waals surface area contributed by atoms with Crippen molar-refractivity contribution in [1.82, 2.24) is 0 Å². The van der Waals surface area contributed by atoms with Crippen LogP contribution in [0.25, 0.3) is 0 Å².